The molecule has 20 heavy (non-hydrogen) atoms. The number of hydrogen-bond donors (Lipinski definition) is 1. The van der Waals surface area contributed by atoms with Crippen LogP contribution in [0.4, 0.5) is 5.69 Å². The number of aromatic nitrogens is 4. The summed E-state index contributed by atoms with van der Waals surface area (Å²) in [6, 6.07) is 11.3. The molecule has 0 bridgehead atoms. The van der Waals surface area contributed by atoms with Crippen molar-refractivity contribution >= 4 is 21.6 Å². The van der Waals surface area contributed by atoms with Gasteiger partial charge in [-0.25, -0.2) is 14.6 Å². The number of anilines is 1. The first-order valence-corrected chi connectivity index (χ1v) is 6.84. The standard InChI is InChI=1S/C14H12BrN5/c1-9-12(15)5-6-13(18-9)20-8-17-14(19-20)10-3-2-4-11(16)7-10/h2-8H,16H2,1H3. The second kappa shape index (κ2) is 5.05. The zero-order valence-electron chi connectivity index (χ0n) is 10.8. The molecule has 0 spiro atoms. The van der Waals surface area contributed by atoms with Crippen molar-refractivity contribution in [3.8, 4) is 17.2 Å². The fourth-order valence-electron chi connectivity index (χ4n) is 1.84. The second-order valence-corrected chi connectivity index (χ2v) is 5.23. The minimum atomic E-state index is 0.625. The van der Waals surface area contributed by atoms with Gasteiger partial charge in [-0.2, -0.15) is 0 Å². The van der Waals surface area contributed by atoms with E-state index in [0.29, 0.717) is 11.5 Å². The van der Waals surface area contributed by atoms with Gasteiger partial charge < -0.3 is 5.73 Å². The summed E-state index contributed by atoms with van der Waals surface area (Å²) in [5.41, 5.74) is 8.25. The van der Waals surface area contributed by atoms with E-state index in [1.807, 2.05) is 43.3 Å². The molecule has 2 N–H and O–H groups in total. The first-order chi connectivity index (χ1) is 9.63. The van der Waals surface area contributed by atoms with Crippen LogP contribution in [-0.2, 0) is 0 Å². The highest BCUT2D eigenvalue weighted by Crippen LogP contribution is 2.19. The summed E-state index contributed by atoms with van der Waals surface area (Å²) < 4.78 is 2.62. The Morgan fingerprint density at radius 3 is 2.80 bits per heavy atom. The summed E-state index contributed by atoms with van der Waals surface area (Å²) in [7, 11) is 0. The number of rotatable bonds is 2. The molecule has 0 amide bonds. The lowest BCUT2D eigenvalue weighted by atomic mass is 10.2. The van der Waals surface area contributed by atoms with E-state index in [-0.39, 0.29) is 0 Å². The predicted molar refractivity (Wildman–Crippen MR) is 81.4 cm³/mol. The largest absolute Gasteiger partial charge is 0.399 e. The van der Waals surface area contributed by atoms with Gasteiger partial charge in [-0.15, -0.1) is 5.10 Å². The first-order valence-electron chi connectivity index (χ1n) is 6.04. The monoisotopic (exact) mass is 329 g/mol. The number of hydrogen-bond acceptors (Lipinski definition) is 4. The number of pyridine rings is 1. The predicted octanol–water partition coefficient (Wildman–Crippen LogP) is 2.98. The summed E-state index contributed by atoms with van der Waals surface area (Å²) in [5, 5.41) is 4.43. The SMILES string of the molecule is Cc1nc(-n2cnc(-c3cccc(N)c3)n2)ccc1Br. The molecule has 0 radical (unpaired) electrons. The summed E-state index contributed by atoms with van der Waals surface area (Å²) in [6.07, 6.45) is 1.65. The molecule has 0 aliphatic heterocycles. The van der Waals surface area contributed by atoms with E-state index in [1.165, 1.54) is 0 Å². The molecule has 0 atom stereocenters. The van der Waals surface area contributed by atoms with Gasteiger partial charge in [0, 0.05) is 15.7 Å². The van der Waals surface area contributed by atoms with Crippen molar-refractivity contribution in [3.63, 3.8) is 0 Å². The number of aryl methyl sites for hydroxylation is 1. The van der Waals surface area contributed by atoms with Crippen molar-refractivity contribution in [2.45, 2.75) is 6.92 Å². The fraction of sp³-hybridized carbons (Fsp3) is 0.0714. The number of nitrogens with two attached hydrogens (primary N) is 1. The van der Waals surface area contributed by atoms with Gasteiger partial charge in [0.25, 0.3) is 0 Å². The Bertz CT molecular complexity index is 766. The Morgan fingerprint density at radius 2 is 2.05 bits per heavy atom. The zero-order chi connectivity index (χ0) is 14.1. The third-order valence-corrected chi connectivity index (χ3v) is 3.72. The normalized spacial score (nSPS) is 10.7. The molecule has 0 saturated carbocycles. The van der Waals surface area contributed by atoms with E-state index in [4.69, 9.17) is 5.73 Å². The maximum absolute atomic E-state index is 5.77. The van der Waals surface area contributed by atoms with Crippen LogP contribution in [0.1, 0.15) is 5.69 Å². The van der Waals surface area contributed by atoms with Crippen molar-refractivity contribution in [1.29, 1.82) is 0 Å². The van der Waals surface area contributed by atoms with Gasteiger partial charge in [-0.05, 0) is 47.1 Å². The van der Waals surface area contributed by atoms with Crippen molar-refractivity contribution in [2.24, 2.45) is 0 Å². The molecule has 2 aromatic heterocycles. The smallest absolute Gasteiger partial charge is 0.181 e. The first kappa shape index (κ1) is 12.8. The molecule has 100 valence electrons. The van der Waals surface area contributed by atoms with Crippen LogP contribution in [0.25, 0.3) is 17.2 Å². The molecule has 3 aromatic rings. The molecule has 6 heteroatoms. The molecule has 0 fully saturated rings. The van der Waals surface area contributed by atoms with E-state index in [9.17, 15) is 0 Å². The molecular formula is C14H12BrN5. The topological polar surface area (TPSA) is 69.6 Å². The van der Waals surface area contributed by atoms with E-state index in [0.717, 1.165) is 21.5 Å². The highest BCUT2D eigenvalue weighted by molar-refractivity contribution is 9.10. The van der Waals surface area contributed by atoms with Crippen molar-refractivity contribution in [2.75, 3.05) is 5.73 Å². The molecule has 0 saturated heterocycles. The Hall–Kier alpha value is -2.21. The Labute approximate surface area is 124 Å². The van der Waals surface area contributed by atoms with Gasteiger partial charge in [0.05, 0.1) is 5.69 Å². The molecule has 3 rings (SSSR count). The van der Waals surface area contributed by atoms with Gasteiger partial charge >= 0.3 is 0 Å². The average Bonchev–Trinajstić information content (AvgIpc) is 2.92. The van der Waals surface area contributed by atoms with Gasteiger partial charge in [0.15, 0.2) is 11.6 Å². The van der Waals surface area contributed by atoms with Crippen LogP contribution in [0.2, 0.25) is 0 Å². The second-order valence-electron chi connectivity index (χ2n) is 4.37. The van der Waals surface area contributed by atoms with Crippen LogP contribution in [0.15, 0.2) is 47.2 Å². The number of nitrogens with zero attached hydrogens (tertiary/aromatic N) is 4. The number of nitrogen functional groups attached to an aromatic ring is 1. The van der Waals surface area contributed by atoms with Crippen molar-refractivity contribution < 1.29 is 0 Å². The quantitative estimate of drug-likeness (QED) is 0.734. The maximum atomic E-state index is 5.77. The zero-order valence-corrected chi connectivity index (χ0v) is 12.4. The maximum Gasteiger partial charge on any atom is 0.181 e. The molecular weight excluding hydrogens is 318 g/mol. The van der Waals surface area contributed by atoms with Gasteiger partial charge in [-0.1, -0.05) is 12.1 Å². The van der Waals surface area contributed by atoms with E-state index >= 15 is 0 Å². The third-order valence-electron chi connectivity index (χ3n) is 2.88. The van der Waals surface area contributed by atoms with Crippen LogP contribution in [0.3, 0.4) is 0 Å². The van der Waals surface area contributed by atoms with E-state index < -0.39 is 0 Å². The fourth-order valence-corrected chi connectivity index (χ4v) is 2.06. The average molecular weight is 330 g/mol. The van der Waals surface area contributed by atoms with Gasteiger partial charge in [0.1, 0.15) is 6.33 Å². The molecule has 5 nitrogen and oxygen atoms in total. The Balaban J connectivity index is 1.99. The third kappa shape index (κ3) is 2.42. The van der Waals surface area contributed by atoms with Crippen LogP contribution >= 0.6 is 15.9 Å². The summed E-state index contributed by atoms with van der Waals surface area (Å²) in [4.78, 5) is 8.76. The Kier molecular flexibility index (Phi) is 3.23. The summed E-state index contributed by atoms with van der Waals surface area (Å²) in [5.74, 6) is 1.35. The van der Waals surface area contributed by atoms with Crippen LogP contribution in [-0.4, -0.2) is 19.7 Å². The van der Waals surface area contributed by atoms with Crippen molar-refractivity contribution in [3.05, 3.63) is 52.9 Å². The molecule has 0 aliphatic carbocycles. The lowest BCUT2D eigenvalue weighted by molar-refractivity contribution is 0.840. The summed E-state index contributed by atoms with van der Waals surface area (Å²) >= 11 is 3.43. The van der Waals surface area contributed by atoms with Gasteiger partial charge in [0.2, 0.25) is 0 Å². The minimum absolute atomic E-state index is 0.625. The van der Waals surface area contributed by atoms with Crippen LogP contribution < -0.4 is 5.73 Å². The van der Waals surface area contributed by atoms with Crippen LogP contribution in [0, 0.1) is 6.92 Å². The highest BCUT2D eigenvalue weighted by Gasteiger charge is 2.07. The molecule has 2 heterocycles. The highest BCUT2D eigenvalue weighted by atomic mass is 79.9. The van der Waals surface area contributed by atoms with Crippen LogP contribution in [0.5, 0.6) is 0 Å². The molecule has 0 unspecified atom stereocenters. The molecule has 0 aliphatic rings. The molecule has 1 aromatic carbocycles. The Morgan fingerprint density at radius 1 is 1.20 bits per heavy atom. The lowest BCUT2D eigenvalue weighted by Gasteiger charge is -2.02. The summed E-state index contributed by atoms with van der Waals surface area (Å²) in [6.45, 7) is 1.93. The van der Waals surface area contributed by atoms with Crippen molar-refractivity contribution in [1.82, 2.24) is 19.7 Å². The lowest BCUT2D eigenvalue weighted by Crippen LogP contribution is -1.99. The minimum Gasteiger partial charge on any atom is -0.399 e. The number of benzene rings is 1. The van der Waals surface area contributed by atoms with E-state index in [1.54, 1.807) is 11.0 Å². The van der Waals surface area contributed by atoms with Gasteiger partial charge in [-0.3, -0.25) is 0 Å². The number of halogens is 1. The van der Waals surface area contributed by atoms with E-state index in [2.05, 4.69) is 31.0 Å².